The van der Waals surface area contributed by atoms with Gasteiger partial charge in [0.25, 0.3) is 0 Å². The average Bonchev–Trinajstić information content (AvgIpc) is 2.58. The molecule has 0 aliphatic heterocycles. The third-order valence-corrected chi connectivity index (χ3v) is 4.07. The van der Waals surface area contributed by atoms with Crippen LogP contribution in [0.4, 0.5) is 5.69 Å². The highest BCUT2D eigenvalue weighted by atomic mass is 16.5. The maximum Gasteiger partial charge on any atom is 0.341 e. The first kappa shape index (κ1) is 18.5. The van der Waals surface area contributed by atoms with E-state index < -0.39 is 5.97 Å². The lowest BCUT2D eigenvalue weighted by Gasteiger charge is -2.18. The highest BCUT2D eigenvalue weighted by Gasteiger charge is 2.12. The lowest BCUT2D eigenvalue weighted by Crippen LogP contribution is -2.26. The fourth-order valence-corrected chi connectivity index (χ4v) is 2.59. The molecule has 0 radical (unpaired) electrons. The van der Waals surface area contributed by atoms with Gasteiger partial charge in [0.15, 0.2) is 6.61 Å². The van der Waals surface area contributed by atoms with E-state index >= 15 is 0 Å². The van der Waals surface area contributed by atoms with Gasteiger partial charge in [-0.05, 0) is 55.7 Å². The SMILES string of the molecule is Cc1ccc(CCC(=O)N(C)c2ccc(OCC(=O)O)cc2)c(C)c1. The van der Waals surface area contributed by atoms with Gasteiger partial charge in [-0.3, -0.25) is 4.79 Å². The summed E-state index contributed by atoms with van der Waals surface area (Å²) < 4.78 is 5.09. The summed E-state index contributed by atoms with van der Waals surface area (Å²) in [5, 5.41) is 8.60. The topological polar surface area (TPSA) is 66.8 Å². The third kappa shape index (κ3) is 5.35. The summed E-state index contributed by atoms with van der Waals surface area (Å²) in [7, 11) is 1.73. The lowest BCUT2D eigenvalue weighted by atomic mass is 10.0. The smallest absolute Gasteiger partial charge is 0.341 e. The standard InChI is InChI=1S/C20H23NO4/c1-14-4-5-16(15(2)12-14)6-11-19(22)21(3)17-7-9-18(10-8-17)25-13-20(23)24/h4-5,7-10,12H,6,11,13H2,1-3H3,(H,23,24). The highest BCUT2D eigenvalue weighted by molar-refractivity contribution is 5.93. The van der Waals surface area contributed by atoms with Crippen LogP contribution in [-0.4, -0.2) is 30.6 Å². The largest absolute Gasteiger partial charge is 0.482 e. The van der Waals surface area contributed by atoms with E-state index in [1.54, 1.807) is 36.2 Å². The molecule has 2 aromatic carbocycles. The molecule has 0 aliphatic carbocycles. The molecule has 1 N–H and O–H groups in total. The number of carbonyl (C=O) groups excluding carboxylic acids is 1. The molecular weight excluding hydrogens is 318 g/mol. The van der Waals surface area contributed by atoms with Gasteiger partial charge in [0.2, 0.25) is 5.91 Å². The van der Waals surface area contributed by atoms with E-state index in [9.17, 15) is 9.59 Å². The molecule has 5 nitrogen and oxygen atoms in total. The molecule has 0 atom stereocenters. The van der Waals surface area contributed by atoms with Crippen molar-refractivity contribution >= 4 is 17.6 Å². The average molecular weight is 341 g/mol. The van der Waals surface area contributed by atoms with Crippen molar-refractivity contribution in [2.24, 2.45) is 0 Å². The Bertz CT molecular complexity index is 753. The van der Waals surface area contributed by atoms with Gasteiger partial charge >= 0.3 is 5.97 Å². The summed E-state index contributed by atoms with van der Waals surface area (Å²) in [6.07, 6.45) is 1.13. The van der Waals surface area contributed by atoms with Crippen LogP contribution in [0.15, 0.2) is 42.5 Å². The molecule has 25 heavy (non-hydrogen) atoms. The van der Waals surface area contributed by atoms with E-state index in [-0.39, 0.29) is 12.5 Å². The third-order valence-electron chi connectivity index (χ3n) is 4.07. The van der Waals surface area contributed by atoms with Crippen LogP contribution in [-0.2, 0) is 16.0 Å². The molecule has 0 fully saturated rings. The monoisotopic (exact) mass is 341 g/mol. The molecule has 0 aliphatic rings. The first-order valence-corrected chi connectivity index (χ1v) is 8.14. The molecule has 1 amide bonds. The maximum absolute atomic E-state index is 12.4. The second-order valence-electron chi connectivity index (χ2n) is 6.06. The number of aryl methyl sites for hydroxylation is 3. The van der Waals surface area contributed by atoms with E-state index in [1.807, 2.05) is 0 Å². The predicted molar refractivity (Wildman–Crippen MR) is 97.2 cm³/mol. The van der Waals surface area contributed by atoms with E-state index in [0.717, 1.165) is 5.69 Å². The van der Waals surface area contributed by atoms with Crippen molar-refractivity contribution < 1.29 is 19.4 Å². The van der Waals surface area contributed by atoms with Crippen molar-refractivity contribution in [1.82, 2.24) is 0 Å². The normalized spacial score (nSPS) is 10.4. The second-order valence-corrected chi connectivity index (χ2v) is 6.06. The predicted octanol–water partition coefficient (Wildman–Crippen LogP) is 3.36. The van der Waals surface area contributed by atoms with Crippen LogP contribution in [0.25, 0.3) is 0 Å². The van der Waals surface area contributed by atoms with Gasteiger partial charge in [0.1, 0.15) is 5.75 Å². The summed E-state index contributed by atoms with van der Waals surface area (Å²) in [5.74, 6) is -0.538. The maximum atomic E-state index is 12.4. The molecule has 0 bridgehead atoms. The molecule has 132 valence electrons. The summed E-state index contributed by atoms with van der Waals surface area (Å²) in [4.78, 5) is 24.5. The van der Waals surface area contributed by atoms with E-state index in [4.69, 9.17) is 9.84 Å². The van der Waals surface area contributed by atoms with Gasteiger partial charge in [-0.2, -0.15) is 0 Å². The van der Waals surface area contributed by atoms with Crippen molar-refractivity contribution in [2.45, 2.75) is 26.7 Å². The zero-order chi connectivity index (χ0) is 18.4. The molecule has 2 aromatic rings. The van der Waals surface area contributed by atoms with Gasteiger partial charge in [-0.25, -0.2) is 4.79 Å². The van der Waals surface area contributed by atoms with E-state index in [2.05, 4.69) is 32.0 Å². The summed E-state index contributed by atoms with van der Waals surface area (Å²) >= 11 is 0. The molecule has 5 heteroatoms. The zero-order valence-electron chi connectivity index (χ0n) is 14.8. The number of hydrogen-bond donors (Lipinski definition) is 1. The number of nitrogens with zero attached hydrogens (tertiary/aromatic N) is 1. The number of rotatable bonds is 7. The van der Waals surface area contributed by atoms with E-state index in [0.29, 0.717) is 18.6 Å². The Morgan fingerprint density at radius 1 is 1.08 bits per heavy atom. The fraction of sp³-hybridized carbons (Fsp3) is 0.300. The molecule has 0 saturated heterocycles. The first-order chi connectivity index (χ1) is 11.9. The summed E-state index contributed by atoms with van der Waals surface area (Å²) in [6, 6.07) is 13.1. The molecule has 0 unspecified atom stereocenters. The van der Waals surface area contributed by atoms with Crippen molar-refractivity contribution in [3.63, 3.8) is 0 Å². The van der Waals surface area contributed by atoms with Gasteiger partial charge in [0, 0.05) is 19.2 Å². The number of carboxylic acid groups (broad SMARTS) is 1. The Morgan fingerprint density at radius 2 is 1.76 bits per heavy atom. The fourth-order valence-electron chi connectivity index (χ4n) is 2.59. The zero-order valence-corrected chi connectivity index (χ0v) is 14.8. The Labute approximate surface area is 147 Å². The van der Waals surface area contributed by atoms with Crippen LogP contribution >= 0.6 is 0 Å². The number of benzene rings is 2. The second kappa shape index (κ2) is 8.33. The van der Waals surface area contributed by atoms with Gasteiger partial charge in [-0.15, -0.1) is 0 Å². The first-order valence-electron chi connectivity index (χ1n) is 8.14. The van der Waals surface area contributed by atoms with Crippen molar-refractivity contribution in [2.75, 3.05) is 18.6 Å². The number of hydrogen-bond acceptors (Lipinski definition) is 3. The van der Waals surface area contributed by atoms with Crippen molar-refractivity contribution in [3.8, 4) is 5.75 Å². The molecule has 0 saturated carbocycles. The Hall–Kier alpha value is -2.82. The van der Waals surface area contributed by atoms with Crippen LogP contribution in [0.2, 0.25) is 0 Å². The number of amides is 1. The Balaban J connectivity index is 1.93. The highest BCUT2D eigenvalue weighted by Crippen LogP contribution is 2.20. The number of carbonyl (C=O) groups is 2. The van der Waals surface area contributed by atoms with Crippen LogP contribution < -0.4 is 9.64 Å². The van der Waals surface area contributed by atoms with Gasteiger partial charge in [0.05, 0.1) is 0 Å². The number of aliphatic carboxylic acids is 1. The molecule has 0 aromatic heterocycles. The summed E-state index contributed by atoms with van der Waals surface area (Å²) in [5.41, 5.74) is 4.35. The molecule has 0 heterocycles. The molecular formula is C20H23NO4. The van der Waals surface area contributed by atoms with Crippen LogP contribution in [0.1, 0.15) is 23.1 Å². The minimum absolute atomic E-state index is 0.0270. The van der Waals surface area contributed by atoms with Crippen molar-refractivity contribution in [3.05, 3.63) is 59.2 Å². The lowest BCUT2D eigenvalue weighted by molar-refractivity contribution is -0.139. The number of anilines is 1. The van der Waals surface area contributed by atoms with Crippen molar-refractivity contribution in [1.29, 1.82) is 0 Å². The van der Waals surface area contributed by atoms with Gasteiger partial charge in [-0.1, -0.05) is 23.8 Å². The molecule has 2 rings (SSSR count). The quantitative estimate of drug-likeness (QED) is 0.838. The van der Waals surface area contributed by atoms with Crippen LogP contribution in [0, 0.1) is 13.8 Å². The van der Waals surface area contributed by atoms with E-state index in [1.165, 1.54) is 16.7 Å². The van der Waals surface area contributed by atoms with Crippen LogP contribution in [0.5, 0.6) is 5.75 Å². The van der Waals surface area contributed by atoms with Crippen LogP contribution in [0.3, 0.4) is 0 Å². The Kier molecular flexibility index (Phi) is 6.17. The summed E-state index contributed by atoms with van der Waals surface area (Å²) in [6.45, 7) is 3.73. The Morgan fingerprint density at radius 3 is 2.36 bits per heavy atom. The molecule has 0 spiro atoms. The van der Waals surface area contributed by atoms with Gasteiger partial charge < -0.3 is 14.7 Å². The number of ether oxygens (including phenoxy) is 1. The number of carboxylic acids is 1. The minimum atomic E-state index is -1.03. The minimum Gasteiger partial charge on any atom is -0.482 e.